The molecule has 0 aromatic heterocycles. The highest BCUT2D eigenvalue weighted by atomic mass is 16.4. The van der Waals surface area contributed by atoms with Crippen molar-refractivity contribution in [2.45, 2.75) is 71.3 Å². The molecular formula is C17H30N2O4. The van der Waals surface area contributed by atoms with Gasteiger partial charge in [-0.15, -0.1) is 0 Å². The zero-order valence-corrected chi connectivity index (χ0v) is 14.3. The topological polar surface area (TPSA) is 95.5 Å². The number of carboxylic acids is 1. The summed E-state index contributed by atoms with van der Waals surface area (Å²) in [4.78, 5) is 34.8. The number of carbonyl (C=O) groups is 3. The minimum Gasteiger partial charge on any atom is -0.480 e. The summed E-state index contributed by atoms with van der Waals surface area (Å²) in [6, 6.07) is -0.902. The maximum atomic E-state index is 11.9. The normalized spacial score (nSPS) is 17.3. The Labute approximate surface area is 138 Å². The van der Waals surface area contributed by atoms with Crippen LogP contribution >= 0.6 is 0 Å². The van der Waals surface area contributed by atoms with Gasteiger partial charge in [-0.1, -0.05) is 39.5 Å². The summed E-state index contributed by atoms with van der Waals surface area (Å²) < 4.78 is 0. The van der Waals surface area contributed by atoms with Crippen LogP contribution in [0, 0.1) is 11.8 Å². The van der Waals surface area contributed by atoms with E-state index in [4.69, 9.17) is 5.11 Å². The summed E-state index contributed by atoms with van der Waals surface area (Å²) in [7, 11) is 0. The Morgan fingerprint density at radius 3 is 2.17 bits per heavy atom. The van der Waals surface area contributed by atoms with Gasteiger partial charge in [0.15, 0.2) is 0 Å². The molecule has 3 N–H and O–H groups in total. The first kappa shape index (κ1) is 19.5. The Morgan fingerprint density at radius 2 is 1.65 bits per heavy atom. The standard InChI is InChI=1S/C17H30N2O4/c1-12(2)9-14(17(22)23)19-16(21)11-18-15(20)10-13-7-5-3-4-6-8-13/h12-14H,3-11H2,1-2H3,(H,18,20)(H,19,21)(H,22,23)/t14-/m0/s1. The third kappa shape index (κ3) is 8.57. The van der Waals surface area contributed by atoms with Crippen LogP contribution < -0.4 is 10.6 Å². The zero-order valence-electron chi connectivity index (χ0n) is 14.3. The molecule has 1 fully saturated rings. The lowest BCUT2D eigenvalue weighted by Gasteiger charge is -2.17. The van der Waals surface area contributed by atoms with Crippen molar-refractivity contribution < 1.29 is 19.5 Å². The van der Waals surface area contributed by atoms with Crippen LogP contribution in [0.25, 0.3) is 0 Å². The van der Waals surface area contributed by atoms with Gasteiger partial charge in [0.05, 0.1) is 6.54 Å². The third-order valence-electron chi connectivity index (χ3n) is 4.24. The number of nitrogens with one attached hydrogen (secondary N) is 2. The molecule has 0 spiro atoms. The Balaban J connectivity index is 2.30. The predicted octanol–water partition coefficient (Wildman–Crippen LogP) is 2.08. The molecule has 0 radical (unpaired) electrons. The van der Waals surface area contributed by atoms with E-state index in [2.05, 4.69) is 10.6 Å². The van der Waals surface area contributed by atoms with Gasteiger partial charge in [0, 0.05) is 6.42 Å². The van der Waals surface area contributed by atoms with Crippen molar-refractivity contribution in [1.29, 1.82) is 0 Å². The minimum absolute atomic E-state index is 0.122. The van der Waals surface area contributed by atoms with Gasteiger partial charge in [-0.25, -0.2) is 4.79 Å². The first-order valence-corrected chi connectivity index (χ1v) is 8.67. The number of hydrogen-bond acceptors (Lipinski definition) is 3. The van der Waals surface area contributed by atoms with Gasteiger partial charge in [-0.3, -0.25) is 9.59 Å². The fraction of sp³-hybridized carbons (Fsp3) is 0.824. The molecule has 1 rings (SSSR count). The number of carboxylic acid groups (broad SMARTS) is 1. The van der Waals surface area contributed by atoms with Crippen molar-refractivity contribution in [2.24, 2.45) is 11.8 Å². The van der Waals surface area contributed by atoms with E-state index in [0.29, 0.717) is 18.8 Å². The lowest BCUT2D eigenvalue weighted by molar-refractivity contribution is -0.142. The highest BCUT2D eigenvalue weighted by Crippen LogP contribution is 2.25. The van der Waals surface area contributed by atoms with Crippen LogP contribution in [0.4, 0.5) is 0 Å². The Kier molecular flexibility index (Phi) is 8.66. The van der Waals surface area contributed by atoms with E-state index in [1.165, 1.54) is 25.7 Å². The van der Waals surface area contributed by atoms with E-state index in [0.717, 1.165) is 12.8 Å². The second-order valence-corrected chi connectivity index (χ2v) is 6.93. The van der Waals surface area contributed by atoms with E-state index in [1.807, 2.05) is 13.8 Å². The van der Waals surface area contributed by atoms with Crippen molar-refractivity contribution in [1.82, 2.24) is 10.6 Å². The highest BCUT2D eigenvalue weighted by Gasteiger charge is 2.21. The molecule has 0 aromatic rings. The van der Waals surface area contributed by atoms with Crippen molar-refractivity contribution in [3.05, 3.63) is 0 Å². The molecule has 132 valence electrons. The fourth-order valence-electron chi connectivity index (χ4n) is 3.02. The summed E-state index contributed by atoms with van der Waals surface area (Å²) in [5, 5.41) is 14.2. The summed E-state index contributed by atoms with van der Waals surface area (Å²) >= 11 is 0. The molecule has 1 aliphatic rings. The van der Waals surface area contributed by atoms with Crippen molar-refractivity contribution >= 4 is 17.8 Å². The van der Waals surface area contributed by atoms with Gasteiger partial charge in [0.2, 0.25) is 11.8 Å². The first-order chi connectivity index (χ1) is 10.9. The summed E-state index contributed by atoms with van der Waals surface area (Å²) in [6.45, 7) is 3.64. The molecule has 1 aliphatic carbocycles. The average molecular weight is 326 g/mol. The predicted molar refractivity (Wildman–Crippen MR) is 87.8 cm³/mol. The van der Waals surface area contributed by atoms with Crippen LogP contribution in [-0.4, -0.2) is 35.5 Å². The lowest BCUT2D eigenvalue weighted by Crippen LogP contribution is -2.46. The van der Waals surface area contributed by atoms with Crippen LogP contribution in [-0.2, 0) is 14.4 Å². The first-order valence-electron chi connectivity index (χ1n) is 8.67. The second kappa shape index (κ2) is 10.2. The smallest absolute Gasteiger partial charge is 0.326 e. The van der Waals surface area contributed by atoms with Crippen LogP contribution in [0.15, 0.2) is 0 Å². The molecule has 6 heteroatoms. The SMILES string of the molecule is CC(C)C[C@H](NC(=O)CNC(=O)CC1CCCCCC1)C(=O)O. The second-order valence-electron chi connectivity index (χ2n) is 6.93. The monoisotopic (exact) mass is 326 g/mol. The Bertz CT molecular complexity index is 401. The minimum atomic E-state index is -1.04. The van der Waals surface area contributed by atoms with E-state index in [9.17, 15) is 14.4 Å². The van der Waals surface area contributed by atoms with Crippen LogP contribution in [0.2, 0.25) is 0 Å². The van der Waals surface area contributed by atoms with Gasteiger partial charge in [0.1, 0.15) is 6.04 Å². The van der Waals surface area contributed by atoms with Crippen LogP contribution in [0.3, 0.4) is 0 Å². The average Bonchev–Trinajstić information content (AvgIpc) is 2.72. The van der Waals surface area contributed by atoms with E-state index >= 15 is 0 Å². The van der Waals surface area contributed by atoms with Gasteiger partial charge in [-0.05, 0) is 31.1 Å². The fourth-order valence-corrected chi connectivity index (χ4v) is 3.02. The third-order valence-corrected chi connectivity index (χ3v) is 4.24. The molecule has 0 bridgehead atoms. The largest absolute Gasteiger partial charge is 0.480 e. The molecule has 1 saturated carbocycles. The summed E-state index contributed by atoms with van der Waals surface area (Å²) in [6.07, 6.45) is 7.82. The molecule has 23 heavy (non-hydrogen) atoms. The molecular weight excluding hydrogens is 296 g/mol. The Morgan fingerprint density at radius 1 is 1.04 bits per heavy atom. The quantitative estimate of drug-likeness (QED) is 0.595. The summed E-state index contributed by atoms with van der Waals surface area (Å²) in [5.74, 6) is -1.04. The number of rotatable bonds is 8. The zero-order chi connectivity index (χ0) is 17.2. The molecule has 0 aliphatic heterocycles. The van der Waals surface area contributed by atoms with E-state index in [-0.39, 0.29) is 18.4 Å². The number of carbonyl (C=O) groups excluding carboxylic acids is 2. The van der Waals surface area contributed by atoms with Crippen molar-refractivity contribution in [2.75, 3.05) is 6.54 Å². The van der Waals surface area contributed by atoms with Gasteiger partial charge in [-0.2, -0.15) is 0 Å². The maximum Gasteiger partial charge on any atom is 0.326 e. The molecule has 0 saturated heterocycles. The Hall–Kier alpha value is -1.59. The summed E-state index contributed by atoms with van der Waals surface area (Å²) in [5.41, 5.74) is 0. The van der Waals surface area contributed by atoms with Gasteiger partial charge < -0.3 is 15.7 Å². The molecule has 0 unspecified atom stereocenters. The number of amides is 2. The van der Waals surface area contributed by atoms with Crippen LogP contribution in [0.5, 0.6) is 0 Å². The number of aliphatic carboxylic acids is 1. The van der Waals surface area contributed by atoms with Crippen molar-refractivity contribution in [3.63, 3.8) is 0 Å². The van der Waals surface area contributed by atoms with Gasteiger partial charge >= 0.3 is 5.97 Å². The maximum absolute atomic E-state index is 11.9. The van der Waals surface area contributed by atoms with E-state index < -0.39 is 17.9 Å². The number of hydrogen-bond donors (Lipinski definition) is 3. The lowest BCUT2D eigenvalue weighted by atomic mass is 9.96. The highest BCUT2D eigenvalue weighted by molar-refractivity contribution is 5.87. The van der Waals surface area contributed by atoms with Crippen molar-refractivity contribution in [3.8, 4) is 0 Å². The molecule has 6 nitrogen and oxygen atoms in total. The van der Waals surface area contributed by atoms with E-state index in [1.54, 1.807) is 0 Å². The van der Waals surface area contributed by atoms with Gasteiger partial charge in [0.25, 0.3) is 0 Å². The molecule has 0 aromatic carbocycles. The molecule has 0 heterocycles. The molecule has 2 amide bonds. The van der Waals surface area contributed by atoms with Crippen LogP contribution in [0.1, 0.15) is 65.2 Å². The molecule has 1 atom stereocenters.